The maximum atomic E-state index is 5.52. The van der Waals surface area contributed by atoms with Gasteiger partial charge in [-0.1, -0.05) is 0 Å². The van der Waals surface area contributed by atoms with E-state index >= 15 is 0 Å². The predicted molar refractivity (Wildman–Crippen MR) is 73.7 cm³/mol. The van der Waals surface area contributed by atoms with Crippen LogP contribution in [-0.4, -0.2) is 6.34 Å². The van der Waals surface area contributed by atoms with Crippen LogP contribution >= 0.6 is 23.7 Å². The molecule has 0 amide bonds. The Labute approximate surface area is 110 Å². The fraction of sp³-hybridized carbons (Fsp3) is 0.250. The quantitative estimate of drug-likeness (QED) is 0.851. The van der Waals surface area contributed by atoms with E-state index in [9.17, 15) is 0 Å². The van der Waals surface area contributed by atoms with Crippen LogP contribution < -0.4 is 5.32 Å². The van der Waals surface area contributed by atoms with E-state index in [1.165, 1.54) is 16.0 Å². The van der Waals surface area contributed by atoms with E-state index in [0.29, 0.717) is 0 Å². The third-order valence-electron chi connectivity index (χ3n) is 2.96. The molecule has 2 aromatic rings. The monoisotopic (exact) mass is 268 g/mol. The zero-order chi connectivity index (χ0) is 11.1. The Balaban J connectivity index is 0.00000108. The minimum Gasteiger partial charge on any atom is -0.464 e. The third-order valence-corrected chi connectivity index (χ3v) is 4.21. The van der Waals surface area contributed by atoms with Gasteiger partial charge in [-0.25, -0.2) is 0 Å². The van der Waals surface area contributed by atoms with E-state index in [1.807, 2.05) is 6.07 Å². The number of fused-ring (bicyclic) bond motifs is 1. The summed E-state index contributed by atoms with van der Waals surface area (Å²) in [5, 5.41) is 5.26. The van der Waals surface area contributed by atoms with Crippen molar-refractivity contribution in [2.45, 2.75) is 19.9 Å². The van der Waals surface area contributed by atoms with E-state index in [4.69, 9.17) is 4.42 Å². The molecule has 0 bridgehead atoms. The molecule has 3 rings (SSSR count). The molecule has 17 heavy (non-hydrogen) atoms. The fourth-order valence-electron chi connectivity index (χ4n) is 1.88. The number of halogens is 1. The number of aliphatic imine (C=N–C) groups is 1. The van der Waals surface area contributed by atoms with Crippen molar-refractivity contribution in [2.24, 2.45) is 4.99 Å². The summed E-state index contributed by atoms with van der Waals surface area (Å²) in [5.74, 6) is 0.910. The van der Waals surface area contributed by atoms with Gasteiger partial charge in [-0.3, -0.25) is 4.99 Å². The molecule has 1 aliphatic heterocycles. The van der Waals surface area contributed by atoms with Crippen LogP contribution in [0.3, 0.4) is 0 Å². The highest BCUT2D eigenvalue weighted by atomic mass is 35.5. The van der Waals surface area contributed by atoms with E-state index < -0.39 is 0 Å². The first-order valence-electron chi connectivity index (χ1n) is 5.17. The van der Waals surface area contributed by atoms with Crippen molar-refractivity contribution in [1.82, 2.24) is 0 Å². The van der Waals surface area contributed by atoms with Crippen molar-refractivity contribution in [2.75, 3.05) is 5.32 Å². The number of furan rings is 1. The van der Waals surface area contributed by atoms with Gasteiger partial charge in [-0.2, -0.15) is 0 Å². The average molecular weight is 269 g/mol. The third kappa shape index (κ3) is 1.87. The van der Waals surface area contributed by atoms with Crippen molar-refractivity contribution < 1.29 is 4.42 Å². The van der Waals surface area contributed by atoms with E-state index in [1.54, 1.807) is 23.9 Å². The van der Waals surface area contributed by atoms with Gasteiger partial charge < -0.3 is 9.73 Å². The topological polar surface area (TPSA) is 37.5 Å². The van der Waals surface area contributed by atoms with Crippen LogP contribution in [0.4, 0.5) is 5.69 Å². The lowest BCUT2D eigenvalue weighted by atomic mass is 10.1. The lowest BCUT2D eigenvalue weighted by molar-refractivity contribution is 0.492. The molecular weight excluding hydrogens is 256 g/mol. The van der Waals surface area contributed by atoms with Gasteiger partial charge in [0.2, 0.25) is 0 Å². The van der Waals surface area contributed by atoms with Gasteiger partial charge in [0.25, 0.3) is 0 Å². The van der Waals surface area contributed by atoms with Gasteiger partial charge in [-0.15, -0.1) is 23.7 Å². The summed E-state index contributed by atoms with van der Waals surface area (Å²) >= 11 is 1.75. The van der Waals surface area contributed by atoms with Crippen LogP contribution in [0.1, 0.15) is 27.8 Å². The molecule has 0 aliphatic carbocycles. The predicted octanol–water partition coefficient (Wildman–Crippen LogP) is 3.92. The van der Waals surface area contributed by atoms with Gasteiger partial charge in [0.1, 0.15) is 6.04 Å². The summed E-state index contributed by atoms with van der Waals surface area (Å²) in [6.45, 7) is 4.27. The summed E-state index contributed by atoms with van der Waals surface area (Å²) in [5.41, 5.74) is 3.66. The Hall–Kier alpha value is -1.26. The fourth-order valence-corrected chi connectivity index (χ4v) is 3.00. The van der Waals surface area contributed by atoms with Crippen molar-refractivity contribution >= 4 is 35.8 Å². The maximum Gasteiger partial charge on any atom is 0.157 e. The molecule has 1 atom stereocenters. The second kappa shape index (κ2) is 4.55. The molecule has 0 fully saturated rings. The number of thiophene rings is 1. The molecule has 0 aromatic carbocycles. The van der Waals surface area contributed by atoms with Crippen molar-refractivity contribution in [3.8, 4) is 0 Å². The van der Waals surface area contributed by atoms with Crippen LogP contribution in [0.2, 0.25) is 0 Å². The number of hydrogen-bond donors (Lipinski definition) is 1. The summed E-state index contributed by atoms with van der Waals surface area (Å²) in [6, 6.07) is 1.95. The van der Waals surface area contributed by atoms with Gasteiger partial charge in [0.05, 0.1) is 18.3 Å². The molecular formula is C12H13ClN2OS. The Morgan fingerprint density at radius 3 is 2.94 bits per heavy atom. The first-order valence-corrected chi connectivity index (χ1v) is 6.05. The minimum absolute atomic E-state index is 0. The Bertz CT molecular complexity index is 559. The van der Waals surface area contributed by atoms with Gasteiger partial charge in [0.15, 0.2) is 5.76 Å². The molecule has 0 saturated heterocycles. The Morgan fingerprint density at radius 1 is 1.41 bits per heavy atom. The zero-order valence-corrected chi connectivity index (χ0v) is 11.2. The highest BCUT2D eigenvalue weighted by Gasteiger charge is 2.25. The van der Waals surface area contributed by atoms with E-state index in [2.05, 4.69) is 29.5 Å². The molecule has 2 aromatic heterocycles. The largest absolute Gasteiger partial charge is 0.464 e. The normalized spacial score (nSPS) is 17.2. The molecule has 90 valence electrons. The number of nitrogens with zero attached hydrogens (tertiary/aromatic N) is 1. The first-order chi connectivity index (χ1) is 7.77. The molecule has 1 aliphatic rings. The van der Waals surface area contributed by atoms with Crippen molar-refractivity contribution in [1.29, 1.82) is 0 Å². The lowest BCUT2D eigenvalue weighted by Gasteiger charge is -2.16. The van der Waals surface area contributed by atoms with Gasteiger partial charge in [-0.05, 0) is 30.4 Å². The SMILES string of the molecule is Cc1csc(C2N=CNc3ccoc32)c1C.Cl. The number of hydrogen-bond acceptors (Lipinski definition) is 4. The van der Waals surface area contributed by atoms with Gasteiger partial charge in [0, 0.05) is 10.9 Å². The Kier molecular flexibility index (Phi) is 3.26. The van der Waals surface area contributed by atoms with Crippen LogP contribution in [0.5, 0.6) is 0 Å². The number of rotatable bonds is 1. The molecule has 3 nitrogen and oxygen atoms in total. The second-order valence-corrected chi connectivity index (χ2v) is 4.84. The van der Waals surface area contributed by atoms with Crippen LogP contribution in [0, 0.1) is 13.8 Å². The van der Waals surface area contributed by atoms with Gasteiger partial charge >= 0.3 is 0 Å². The second-order valence-electron chi connectivity index (χ2n) is 3.93. The molecule has 0 saturated carbocycles. The van der Waals surface area contributed by atoms with E-state index in [0.717, 1.165) is 11.4 Å². The summed E-state index contributed by atoms with van der Waals surface area (Å²) < 4.78 is 5.52. The molecule has 1 N–H and O–H groups in total. The van der Waals surface area contributed by atoms with Crippen LogP contribution in [0.15, 0.2) is 27.1 Å². The van der Waals surface area contributed by atoms with Crippen LogP contribution in [-0.2, 0) is 0 Å². The van der Waals surface area contributed by atoms with Crippen molar-refractivity contribution in [3.63, 3.8) is 0 Å². The standard InChI is InChI=1S/C12H12N2OS.ClH/c1-7-5-16-12(8(7)2)10-11-9(3-4-15-11)13-6-14-10;/h3-6,10H,1-2H3,(H,13,14);1H. The minimum atomic E-state index is 0. The zero-order valence-electron chi connectivity index (χ0n) is 9.56. The highest BCUT2D eigenvalue weighted by molar-refractivity contribution is 7.10. The summed E-state index contributed by atoms with van der Waals surface area (Å²) in [6.07, 6.45) is 3.45. The molecule has 0 radical (unpaired) electrons. The summed E-state index contributed by atoms with van der Waals surface area (Å²) in [7, 11) is 0. The molecule has 1 unspecified atom stereocenters. The molecule has 5 heteroatoms. The maximum absolute atomic E-state index is 5.52. The van der Waals surface area contributed by atoms with Crippen molar-refractivity contribution in [3.05, 3.63) is 39.5 Å². The van der Waals surface area contributed by atoms with E-state index in [-0.39, 0.29) is 18.4 Å². The van der Waals surface area contributed by atoms with Crippen LogP contribution in [0.25, 0.3) is 0 Å². The number of aryl methyl sites for hydroxylation is 1. The number of anilines is 1. The lowest BCUT2D eigenvalue weighted by Crippen LogP contribution is -2.09. The first kappa shape index (κ1) is 12.2. The Morgan fingerprint density at radius 2 is 2.24 bits per heavy atom. The smallest absolute Gasteiger partial charge is 0.157 e. The molecule has 0 spiro atoms. The summed E-state index contributed by atoms with van der Waals surface area (Å²) in [4.78, 5) is 5.74. The average Bonchev–Trinajstić information content (AvgIpc) is 2.87. The molecule has 3 heterocycles. The highest BCUT2D eigenvalue weighted by Crippen LogP contribution is 2.39. The number of nitrogens with one attached hydrogen (secondary N) is 1.